The third kappa shape index (κ3) is 8.26. The van der Waals surface area contributed by atoms with Crippen LogP contribution in [0, 0.1) is 0 Å². The van der Waals surface area contributed by atoms with Crippen LogP contribution in [0.25, 0.3) is 0 Å². The Bertz CT molecular complexity index is 151. The lowest BCUT2D eigenvalue weighted by Gasteiger charge is -2.18. The smallest absolute Gasteiger partial charge is 0.170 e. The Hall–Kier alpha value is -0.345. The molecule has 0 amide bonds. The minimum absolute atomic E-state index is 0. The van der Waals surface area contributed by atoms with E-state index in [4.69, 9.17) is 13.6 Å². The van der Waals surface area contributed by atoms with Crippen molar-refractivity contribution in [3.63, 3.8) is 0 Å². The Morgan fingerprint density at radius 2 is 2.00 bits per heavy atom. The summed E-state index contributed by atoms with van der Waals surface area (Å²) in [4.78, 5) is 11.0. The molecule has 14 heavy (non-hydrogen) atoms. The van der Waals surface area contributed by atoms with E-state index in [1.165, 1.54) is 0 Å². The van der Waals surface area contributed by atoms with Crippen LogP contribution in [0.5, 0.6) is 0 Å². The topological polar surface area (TPSA) is 55.1 Å². The third-order valence-corrected chi connectivity index (χ3v) is 1.82. The van der Waals surface area contributed by atoms with Crippen molar-refractivity contribution in [1.82, 2.24) is 5.32 Å². The number of hydrogen-bond donors (Lipinski definition) is 2. The van der Waals surface area contributed by atoms with E-state index in [1.807, 2.05) is 13.8 Å². The first-order valence-electron chi connectivity index (χ1n) is 4.83. The molecule has 0 saturated carbocycles. The first-order valence-corrected chi connectivity index (χ1v) is 4.83. The lowest BCUT2D eigenvalue weighted by atomic mass is 9.91. The van der Waals surface area contributed by atoms with E-state index in [2.05, 4.69) is 5.32 Å². The summed E-state index contributed by atoms with van der Waals surface area (Å²) in [5.74, 6) is 0. The minimum Gasteiger partial charge on any atom is -0.330 e. The molecule has 3 N–H and O–H groups in total. The predicted octanol–water partition coefficient (Wildman–Crippen LogP) is 0.813. The highest BCUT2D eigenvalue weighted by atomic mass is 16.1. The molecule has 1 atom stereocenters. The van der Waals surface area contributed by atoms with Crippen LogP contribution >= 0.6 is 0 Å². The van der Waals surface area contributed by atoms with Gasteiger partial charge in [-0.05, 0) is 19.4 Å². The summed E-state index contributed by atoms with van der Waals surface area (Å²) >= 11 is 0. The third-order valence-electron chi connectivity index (χ3n) is 1.82. The van der Waals surface area contributed by atoms with Crippen LogP contribution in [-0.2, 0) is 4.79 Å². The summed E-state index contributed by atoms with van der Waals surface area (Å²) in [6, 6.07) is 0.0851. The first kappa shape index (κ1) is 16.1. The normalized spacial score (nSPS) is 12.3. The molecule has 0 aliphatic heterocycles. The van der Waals surface area contributed by atoms with Gasteiger partial charge in [0.2, 0.25) is 0 Å². The number of hydrogen-bond acceptors (Lipinski definition) is 3. The van der Waals surface area contributed by atoms with Crippen LogP contribution in [0.15, 0.2) is 0 Å². The Kier molecular flexibility index (Phi) is 10.6. The average Bonchev–Trinajstić information content (AvgIpc) is 2.02. The average molecular weight is 198 g/mol. The van der Waals surface area contributed by atoms with Crippen LogP contribution in [0.3, 0.4) is 0 Å². The molecule has 0 aromatic heterocycles. The van der Waals surface area contributed by atoms with Crippen LogP contribution in [0.1, 0.15) is 40.5 Å². The Morgan fingerprint density at radius 3 is 2.36 bits per heavy atom. The van der Waals surface area contributed by atoms with Crippen LogP contribution in [0.4, 0.5) is 0 Å². The van der Waals surface area contributed by atoms with Gasteiger partial charge < -0.3 is 15.8 Å². The minimum atomic E-state index is -0.272. The molecule has 0 aliphatic carbocycles. The fourth-order valence-electron chi connectivity index (χ4n) is 1.20. The fourth-order valence-corrected chi connectivity index (χ4v) is 1.20. The van der Waals surface area contributed by atoms with Crippen LogP contribution in [0.2, 0.25) is 0 Å². The van der Waals surface area contributed by atoms with E-state index in [-0.39, 0.29) is 25.2 Å². The molecule has 0 heterocycles. The van der Waals surface area contributed by atoms with Crippen molar-refractivity contribution in [3.8, 4) is 0 Å². The van der Waals surface area contributed by atoms with Crippen LogP contribution < -0.4 is 11.1 Å². The standard InChI is InChI=1S/C9H19BN2O.CH4/c1-7(2)12-8(9(10)13)5-3-4-6-11;/h7-8,12H,3-6,11H2,1-2H3;1H4/t8-;/m0./s1. The van der Waals surface area contributed by atoms with Crippen molar-refractivity contribution in [1.29, 1.82) is 0 Å². The number of carbonyl (C=O) groups excluding carboxylic acids is 1. The Labute approximate surface area is 89.2 Å². The van der Waals surface area contributed by atoms with Crippen molar-refractivity contribution in [2.75, 3.05) is 6.54 Å². The van der Waals surface area contributed by atoms with Crippen molar-refractivity contribution in [3.05, 3.63) is 0 Å². The number of unbranched alkanes of at least 4 members (excludes halogenated alkanes) is 1. The molecule has 0 aliphatic rings. The first-order chi connectivity index (χ1) is 6.07. The molecule has 0 rings (SSSR count). The molecule has 0 unspecified atom stereocenters. The van der Waals surface area contributed by atoms with E-state index < -0.39 is 0 Å². The molecule has 0 saturated heterocycles. The molecule has 3 nitrogen and oxygen atoms in total. The Balaban J connectivity index is 0. The van der Waals surface area contributed by atoms with Crippen molar-refractivity contribution >= 4 is 13.5 Å². The van der Waals surface area contributed by atoms with E-state index >= 15 is 0 Å². The number of nitrogens with one attached hydrogen (secondary N) is 1. The predicted molar refractivity (Wildman–Crippen MR) is 62.5 cm³/mol. The number of rotatable bonds is 7. The second-order valence-corrected chi connectivity index (χ2v) is 3.56. The summed E-state index contributed by atoms with van der Waals surface area (Å²) in [5.41, 5.74) is 5.08. The molecule has 0 spiro atoms. The molecule has 2 radical (unpaired) electrons. The van der Waals surface area contributed by atoms with E-state index in [1.54, 1.807) is 0 Å². The summed E-state index contributed by atoms with van der Waals surface area (Å²) < 4.78 is 0. The van der Waals surface area contributed by atoms with E-state index in [9.17, 15) is 4.79 Å². The maximum Gasteiger partial charge on any atom is 0.170 e. The molecule has 82 valence electrons. The van der Waals surface area contributed by atoms with Gasteiger partial charge in [0, 0.05) is 6.04 Å². The Morgan fingerprint density at radius 1 is 1.43 bits per heavy atom. The van der Waals surface area contributed by atoms with Gasteiger partial charge in [-0.3, -0.25) is 0 Å². The zero-order valence-electron chi connectivity index (χ0n) is 8.55. The summed E-state index contributed by atoms with van der Waals surface area (Å²) in [7, 11) is 5.23. The molecule has 0 fully saturated rings. The molecular formula is C10H23BN2O. The summed E-state index contributed by atoms with van der Waals surface area (Å²) in [6.45, 7) is 4.67. The van der Waals surface area contributed by atoms with E-state index in [0.717, 1.165) is 19.3 Å². The molecule has 4 heteroatoms. The van der Waals surface area contributed by atoms with Gasteiger partial charge in [0.1, 0.15) is 0 Å². The quantitative estimate of drug-likeness (QED) is 0.470. The number of carbonyl (C=O) groups is 1. The summed E-state index contributed by atoms with van der Waals surface area (Å²) in [6.07, 6.45) is 2.68. The molecule has 0 aromatic rings. The van der Waals surface area contributed by atoms with Gasteiger partial charge in [0.05, 0.1) is 11.7 Å². The van der Waals surface area contributed by atoms with Crippen LogP contribution in [-0.4, -0.2) is 32.2 Å². The number of nitrogens with two attached hydrogens (primary N) is 1. The van der Waals surface area contributed by atoms with E-state index in [0.29, 0.717) is 6.54 Å². The maximum absolute atomic E-state index is 11.0. The zero-order valence-corrected chi connectivity index (χ0v) is 8.55. The lowest BCUT2D eigenvalue weighted by Crippen LogP contribution is -2.41. The second kappa shape index (κ2) is 9.22. The maximum atomic E-state index is 11.0. The zero-order chi connectivity index (χ0) is 10.3. The monoisotopic (exact) mass is 198 g/mol. The highest BCUT2D eigenvalue weighted by Crippen LogP contribution is 2.01. The van der Waals surface area contributed by atoms with Crippen molar-refractivity contribution in [2.45, 2.75) is 52.6 Å². The van der Waals surface area contributed by atoms with Gasteiger partial charge >= 0.3 is 0 Å². The van der Waals surface area contributed by atoms with Gasteiger partial charge in [-0.2, -0.15) is 0 Å². The second-order valence-electron chi connectivity index (χ2n) is 3.56. The lowest BCUT2D eigenvalue weighted by molar-refractivity contribution is -0.113. The SMILES string of the molecule is C.[B]C(=O)[C@H](CCCCN)NC(C)C. The molecule has 0 aromatic carbocycles. The highest BCUT2D eigenvalue weighted by molar-refractivity contribution is 6.59. The van der Waals surface area contributed by atoms with Gasteiger partial charge in [0.15, 0.2) is 7.85 Å². The van der Waals surface area contributed by atoms with Gasteiger partial charge in [-0.1, -0.05) is 27.7 Å². The van der Waals surface area contributed by atoms with Crippen molar-refractivity contribution in [2.24, 2.45) is 5.73 Å². The van der Waals surface area contributed by atoms with Gasteiger partial charge in [0.25, 0.3) is 0 Å². The van der Waals surface area contributed by atoms with Crippen molar-refractivity contribution < 1.29 is 4.79 Å². The van der Waals surface area contributed by atoms with Gasteiger partial charge in [-0.25, -0.2) is 0 Å². The van der Waals surface area contributed by atoms with Gasteiger partial charge in [-0.15, -0.1) is 0 Å². The highest BCUT2D eigenvalue weighted by Gasteiger charge is 2.12. The molecule has 0 bridgehead atoms. The largest absolute Gasteiger partial charge is 0.330 e. The summed E-state index contributed by atoms with van der Waals surface area (Å²) in [5, 5.41) is 3.12. The molecular weight excluding hydrogens is 175 g/mol. The fraction of sp³-hybridized carbons (Fsp3) is 0.900.